The van der Waals surface area contributed by atoms with E-state index in [1.54, 1.807) is 6.92 Å². The van der Waals surface area contributed by atoms with E-state index < -0.39 is 12.1 Å². The fourth-order valence-electron chi connectivity index (χ4n) is 9.37. The van der Waals surface area contributed by atoms with Crippen LogP contribution in [0.15, 0.2) is 23.8 Å². The average molecular weight is 542 g/mol. The first-order valence-electron chi connectivity index (χ1n) is 15.9. The number of allylic oxidation sites excluding steroid dienone is 1. The maximum atomic E-state index is 12.4. The molecule has 0 saturated heterocycles. The Morgan fingerprint density at radius 1 is 1.08 bits per heavy atom. The highest BCUT2D eigenvalue weighted by molar-refractivity contribution is 5.86. The van der Waals surface area contributed by atoms with Gasteiger partial charge in [0, 0.05) is 12.0 Å². The third-order valence-corrected chi connectivity index (χ3v) is 11.5. The summed E-state index contributed by atoms with van der Waals surface area (Å²) in [6, 6.07) is 0. The molecule has 3 saturated carbocycles. The lowest BCUT2D eigenvalue weighted by Crippen LogP contribution is -2.51. The fourth-order valence-corrected chi connectivity index (χ4v) is 9.37. The van der Waals surface area contributed by atoms with Crippen molar-refractivity contribution in [2.75, 3.05) is 13.2 Å². The molecule has 0 aromatic carbocycles. The van der Waals surface area contributed by atoms with Gasteiger partial charge in [0.2, 0.25) is 0 Å². The predicted octanol–water partition coefficient (Wildman–Crippen LogP) is 8.24. The van der Waals surface area contributed by atoms with E-state index in [4.69, 9.17) is 9.47 Å². The topological polar surface area (TPSA) is 64.6 Å². The van der Waals surface area contributed by atoms with E-state index in [-0.39, 0.29) is 24.7 Å². The third-order valence-electron chi connectivity index (χ3n) is 11.5. The second-order valence-corrected chi connectivity index (χ2v) is 14.4. The summed E-state index contributed by atoms with van der Waals surface area (Å²) in [6.07, 6.45) is 15.9. The Kier molecular flexibility index (Phi) is 9.59. The van der Waals surface area contributed by atoms with Gasteiger partial charge >= 0.3 is 12.1 Å². The van der Waals surface area contributed by atoms with Gasteiger partial charge in [0.25, 0.3) is 0 Å². The summed E-state index contributed by atoms with van der Waals surface area (Å²) < 4.78 is 10.8. The number of hydrogen-bond acceptors (Lipinski definition) is 4. The SMILES string of the molecule is C=C(C)C(=O)OCCNC(=O)O[C@@H]1CC[C@@]2(C)C(=CC[C@H]3[C@@H]4CC[C@H]([C@H](C)CCCC(C)C)[C@@]4(C)CC[C@@H]32)C1. The first-order valence-corrected chi connectivity index (χ1v) is 15.9. The molecule has 0 radical (unpaired) electrons. The molecule has 5 heteroatoms. The Balaban J connectivity index is 1.32. The monoisotopic (exact) mass is 541 g/mol. The lowest BCUT2D eigenvalue weighted by Gasteiger charge is -2.58. The molecule has 4 aliphatic rings. The minimum atomic E-state index is -0.438. The molecule has 8 atom stereocenters. The van der Waals surface area contributed by atoms with E-state index in [1.807, 2.05) is 0 Å². The van der Waals surface area contributed by atoms with Gasteiger partial charge < -0.3 is 14.8 Å². The number of nitrogens with one attached hydrogen (secondary N) is 1. The van der Waals surface area contributed by atoms with E-state index in [0.29, 0.717) is 11.0 Å². The lowest BCUT2D eigenvalue weighted by atomic mass is 9.47. The van der Waals surface area contributed by atoms with Crippen LogP contribution >= 0.6 is 0 Å². The first kappa shape index (κ1) is 30.2. The van der Waals surface area contributed by atoms with Gasteiger partial charge in [0.1, 0.15) is 12.7 Å². The van der Waals surface area contributed by atoms with Crippen LogP contribution in [-0.4, -0.2) is 31.3 Å². The molecule has 5 nitrogen and oxygen atoms in total. The second-order valence-electron chi connectivity index (χ2n) is 14.4. The van der Waals surface area contributed by atoms with E-state index in [1.165, 1.54) is 56.9 Å². The number of esters is 1. The zero-order valence-electron chi connectivity index (χ0n) is 25.7. The van der Waals surface area contributed by atoms with Crippen molar-refractivity contribution in [1.29, 1.82) is 0 Å². The lowest BCUT2D eigenvalue weighted by molar-refractivity contribution is -0.138. The van der Waals surface area contributed by atoms with Gasteiger partial charge in [-0.05, 0) is 98.2 Å². The van der Waals surface area contributed by atoms with Crippen molar-refractivity contribution in [2.45, 2.75) is 118 Å². The van der Waals surface area contributed by atoms with Crippen LogP contribution in [0.5, 0.6) is 0 Å². The van der Waals surface area contributed by atoms with Crippen LogP contribution in [0.4, 0.5) is 4.79 Å². The number of carbonyl (C=O) groups excluding carboxylic acids is 2. The van der Waals surface area contributed by atoms with E-state index >= 15 is 0 Å². The molecule has 4 rings (SSSR count). The number of ether oxygens (including phenoxy) is 2. The smallest absolute Gasteiger partial charge is 0.407 e. The van der Waals surface area contributed by atoms with Gasteiger partial charge in [-0.2, -0.15) is 0 Å². The quantitative estimate of drug-likeness (QED) is 0.131. The van der Waals surface area contributed by atoms with Crippen LogP contribution in [0.25, 0.3) is 0 Å². The van der Waals surface area contributed by atoms with Gasteiger partial charge in [0.05, 0.1) is 6.54 Å². The normalized spacial score (nSPS) is 36.2. The third kappa shape index (κ3) is 6.43. The molecular formula is C34H55NO4. The molecule has 3 fully saturated rings. The average Bonchev–Trinajstić information content (AvgIpc) is 3.23. The first-order chi connectivity index (χ1) is 18.5. The minimum Gasteiger partial charge on any atom is -0.460 e. The molecule has 0 unspecified atom stereocenters. The minimum absolute atomic E-state index is 0.0738. The summed E-state index contributed by atoms with van der Waals surface area (Å²) in [4.78, 5) is 23.9. The van der Waals surface area contributed by atoms with Crippen LogP contribution in [0.3, 0.4) is 0 Å². The molecule has 0 heterocycles. The molecule has 39 heavy (non-hydrogen) atoms. The van der Waals surface area contributed by atoms with E-state index in [9.17, 15) is 9.59 Å². The fraction of sp³-hybridized carbons (Fsp3) is 0.824. The number of amides is 1. The summed E-state index contributed by atoms with van der Waals surface area (Å²) >= 11 is 0. The van der Waals surface area contributed by atoms with Crippen LogP contribution < -0.4 is 5.32 Å². The summed E-state index contributed by atoms with van der Waals surface area (Å²) in [5.41, 5.74) is 2.64. The number of carbonyl (C=O) groups is 2. The number of fused-ring (bicyclic) bond motifs is 5. The Morgan fingerprint density at radius 2 is 1.85 bits per heavy atom. The molecule has 220 valence electrons. The van der Waals surface area contributed by atoms with Gasteiger partial charge in [-0.15, -0.1) is 0 Å². The Labute approximate surface area is 237 Å². The number of alkyl carbamates (subject to hydrolysis) is 1. The number of rotatable bonds is 10. The molecule has 0 spiro atoms. The van der Waals surface area contributed by atoms with Crippen molar-refractivity contribution in [3.63, 3.8) is 0 Å². The highest BCUT2D eigenvalue weighted by Crippen LogP contribution is 2.67. The number of hydrogen-bond donors (Lipinski definition) is 1. The summed E-state index contributed by atoms with van der Waals surface area (Å²) in [5.74, 6) is 4.56. The zero-order valence-corrected chi connectivity index (χ0v) is 25.7. The van der Waals surface area contributed by atoms with Crippen LogP contribution in [0, 0.1) is 46.3 Å². The summed E-state index contributed by atoms with van der Waals surface area (Å²) in [7, 11) is 0. The molecule has 4 aliphatic carbocycles. The Bertz CT molecular complexity index is 939. The Hall–Kier alpha value is -1.78. The van der Waals surface area contributed by atoms with Crippen molar-refractivity contribution in [1.82, 2.24) is 5.32 Å². The van der Waals surface area contributed by atoms with Crippen molar-refractivity contribution >= 4 is 12.1 Å². The molecule has 0 aliphatic heterocycles. The molecule has 1 amide bonds. The summed E-state index contributed by atoms with van der Waals surface area (Å²) in [6.45, 7) is 18.0. The summed E-state index contributed by atoms with van der Waals surface area (Å²) in [5, 5.41) is 2.72. The van der Waals surface area contributed by atoms with Crippen LogP contribution in [-0.2, 0) is 14.3 Å². The zero-order chi connectivity index (χ0) is 28.4. The molecule has 0 bridgehead atoms. The maximum absolute atomic E-state index is 12.4. The van der Waals surface area contributed by atoms with Crippen LogP contribution in [0.2, 0.25) is 0 Å². The molecule has 0 aromatic heterocycles. The predicted molar refractivity (Wildman–Crippen MR) is 157 cm³/mol. The van der Waals surface area contributed by atoms with Gasteiger partial charge in [-0.3, -0.25) is 0 Å². The molecule has 1 N–H and O–H groups in total. The van der Waals surface area contributed by atoms with Gasteiger partial charge in [0.15, 0.2) is 0 Å². The van der Waals surface area contributed by atoms with E-state index in [0.717, 1.165) is 54.8 Å². The molecule has 0 aromatic rings. The second kappa shape index (κ2) is 12.4. The largest absolute Gasteiger partial charge is 0.460 e. The van der Waals surface area contributed by atoms with Crippen molar-refractivity contribution in [2.24, 2.45) is 46.3 Å². The van der Waals surface area contributed by atoms with Crippen molar-refractivity contribution < 1.29 is 19.1 Å². The Morgan fingerprint density at radius 3 is 2.56 bits per heavy atom. The van der Waals surface area contributed by atoms with Crippen molar-refractivity contribution in [3.05, 3.63) is 23.8 Å². The standard InChI is InChI=1S/C34H55NO4/c1-22(2)9-8-10-24(5)28-13-14-29-27-12-11-25-21-26(39-32(37)35-19-20-38-31(36)23(3)4)15-17-33(25,6)30(27)16-18-34(28,29)7/h11,22,24,26-30H,3,8-10,12-21H2,1-2,4-7H3,(H,35,37)/t24-,26-,27+,28-,29+,30+,33+,34-/m1/s1. The highest BCUT2D eigenvalue weighted by atomic mass is 16.6. The van der Waals surface area contributed by atoms with Crippen LogP contribution in [0.1, 0.15) is 112 Å². The van der Waals surface area contributed by atoms with Crippen molar-refractivity contribution in [3.8, 4) is 0 Å². The van der Waals surface area contributed by atoms with E-state index in [2.05, 4.69) is 52.6 Å². The highest BCUT2D eigenvalue weighted by Gasteiger charge is 2.59. The van der Waals surface area contributed by atoms with Gasteiger partial charge in [-0.1, -0.05) is 72.1 Å². The maximum Gasteiger partial charge on any atom is 0.407 e. The molecular weight excluding hydrogens is 486 g/mol. The van der Waals surface area contributed by atoms with Gasteiger partial charge in [-0.25, -0.2) is 9.59 Å².